The number of alkyl halides is 1. The van der Waals surface area contributed by atoms with Crippen LogP contribution in [0.4, 0.5) is 4.79 Å². The largest absolute Gasteiger partial charge is 0.445 e. The SMILES string of the molecule is COC1(OC)COC2C(Cl)CN(C(=O)OCc3ccccc3)C21. The van der Waals surface area contributed by atoms with Gasteiger partial charge in [0.2, 0.25) is 5.79 Å². The number of hydrogen-bond acceptors (Lipinski definition) is 5. The van der Waals surface area contributed by atoms with Gasteiger partial charge in [-0.2, -0.15) is 0 Å². The number of carbonyl (C=O) groups excluding carboxylic acids is 1. The lowest BCUT2D eigenvalue weighted by Gasteiger charge is -2.35. The van der Waals surface area contributed by atoms with Gasteiger partial charge in [0.05, 0.1) is 5.38 Å². The molecular formula is C16H20ClNO5. The first kappa shape index (κ1) is 16.5. The molecule has 2 fully saturated rings. The van der Waals surface area contributed by atoms with E-state index in [4.69, 9.17) is 30.5 Å². The zero-order chi connectivity index (χ0) is 16.4. The van der Waals surface area contributed by atoms with Crippen molar-refractivity contribution >= 4 is 17.7 Å². The number of rotatable bonds is 4. The van der Waals surface area contributed by atoms with Crippen LogP contribution in [0.25, 0.3) is 0 Å². The Balaban J connectivity index is 1.72. The summed E-state index contributed by atoms with van der Waals surface area (Å²) in [6.07, 6.45) is -0.781. The summed E-state index contributed by atoms with van der Waals surface area (Å²) < 4.78 is 22.1. The van der Waals surface area contributed by atoms with Crippen molar-refractivity contribution in [1.82, 2.24) is 4.90 Å². The number of ether oxygens (including phenoxy) is 4. The quantitative estimate of drug-likeness (QED) is 0.619. The number of carbonyl (C=O) groups is 1. The summed E-state index contributed by atoms with van der Waals surface area (Å²) in [6.45, 7) is 0.758. The van der Waals surface area contributed by atoms with Gasteiger partial charge in [-0.05, 0) is 5.56 Å². The molecule has 1 aromatic carbocycles. The fourth-order valence-electron chi connectivity index (χ4n) is 3.19. The van der Waals surface area contributed by atoms with Crippen molar-refractivity contribution in [3.05, 3.63) is 35.9 Å². The fraction of sp³-hybridized carbons (Fsp3) is 0.562. The average Bonchev–Trinajstić information content (AvgIpc) is 3.13. The molecule has 1 aromatic rings. The van der Waals surface area contributed by atoms with Gasteiger partial charge in [0, 0.05) is 20.8 Å². The van der Waals surface area contributed by atoms with Gasteiger partial charge in [-0.25, -0.2) is 4.79 Å². The topological polar surface area (TPSA) is 57.2 Å². The molecule has 23 heavy (non-hydrogen) atoms. The van der Waals surface area contributed by atoms with Crippen molar-refractivity contribution in [2.45, 2.75) is 29.9 Å². The van der Waals surface area contributed by atoms with E-state index in [-0.39, 0.29) is 24.7 Å². The third-order valence-electron chi connectivity index (χ3n) is 4.43. The molecule has 0 spiro atoms. The average molecular weight is 342 g/mol. The summed E-state index contributed by atoms with van der Waals surface area (Å²) in [5, 5.41) is -0.323. The fourth-order valence-corrected chi connectivity index (χ4v) is 3.55. The molecule has 2 aliphatic rings. The van der Waals surface area contributed by atoms with Crippen LogP contribution >= 0.6 is 11.6 Å². The lowest BCUT2D eigenvalue weighted by Crippen LogP contribution is -2.55. The smallest absolute Gasteiger partial charge is 0.410 e. The Morgan fingerprint density at radius 2 is 2.04 bits per heavy atom. The van der Waals surface area contributed by atoms with E-state index in [1.54, 1.807) is 4.90 Å². The Bertz CT molecular complexity index is 551. The molecule has 1 amide bonds. The normalized spacial score (nSPS) is 28.7. The Hall–Kier alpha value is -1.34. The van der Waals surface area contributed by atoms with Gasteiger partial charge in [-0.1, -0.05) is 30.3 Å². The van der Waals surface area contributed by atoms with Crippen LogP contribution in [0, 0.1) is 0 Å². The Morgan fingerprint density at radius 1 is 1.35 bits per heavy atom. The van der Waals surface area contributed by atoms with Crippen LogP contribution in [-0.4, -0.2) is 61.7 Å². The van der Waals surface area contributed by atoms with Gasteiger partial charge in [0.15, 0.2) is 0 Å². The summed E-state index contributed by atoms with van der Waals surface area (Å²) in [5.74, 6) is -1.01. The predicted molar refractivity (Wildman–Crippen MR) is 83.3 cm³/mol. The molecule has 2 heterocycles. The second-order valence-electron chi connectivity index (χ2n) is 5.65. The van der Waals surface area contributed by atoms with Crippen LogP contribution in [0.5, 0.6) is 0 Å². The molecule has 2 saturated heterocycles. The van der Waals surface area contributed by atoms with E-state index < -0.39 is 17.9 Å². The molecule has 0 aromatic heterocycles. The lowest BCUT2D eigenvalue weighted by atomic mass is 10.1. The standard InChI is InChI=1S/C16H20ClNO5/c1-20-16(21-2)10-23-13-12(17)8-18(14(13)16)15(19)22-9-11-6-4-3-5-7-11/h3-7,12-14H,8-10H2,1-2H3. The van der Waals surface area contributed by atoms with Crippen LogP contribution < -0.4 is 0 Å². The van der Waals surface area contributed by atoms with E-state index in [1.165, 1.54) is 14.2 Å². The number of amides is 1. The number of likely N-dealkylation sites (tertiary alicyclic amines) is 1. The molecule has 0 radical (unpaired) electrons. The zero-order valence-corrected chi connectivity index (χ0v) is 13.9. The highest BCUT2D eigenvalue weighted by molar-refractivity contribution is 6.21. The van der Waals surface area contributed by atoms with Crippen LogP contribution in [0.2, 0.25) is 0 Å². The number of benzene rings is 1. The molecule has 3 rings (SSSR count). The molecule has 2 aliphatic heterocycles. The van der Waals surface area contributed by atoms with Gasteiger partial charge in [-0.15, -0.1) is 11.6 Å². The summed E-state index contributed by atoms with van der Waals surface area (Å²) >= 11 is 6.32. The predicted octanol–water partition coefficient (Wildman–Crippen LogP) is 2.00. The first-order chi connectivity index (χ1) is 11.1. The minimum atomic E-state index is -1.01. The summed E-state index contributed by atoms with van der Waals surface area (Å²) in [6, 6.07) is 9.08. The number of fused-ring (bicyclic) bond motifs is 1. The van der Waals surface area contributed by atoms with E-state index in [0.29, 0.717) is 6.54 Å². The molecule has 0 bridgehead atoms. The lowest BCUT2D eigenvalue weighted by molar-refractivity contribution is -0.224. The number of methoxy groups -OCH3 is 2. The van der Waals surface area contributed by atoms with Gasteiger partial charge >= 0.3 is 6.09 Å². The maximum atomic E-state index is 12.5. The number of hydrogen-bond donors (Lipinski definition) is 0. The third kappa shape index (κ3) is 2.92. The van der Waals surface area contributed by atoms with E-state index in [1.807, 2.05) is 30.3 Å². The van der Waals surface area contributed by atoms with Crippen LogP contribution in [0.15, 0.2) is 30.3 Å². The van der Waals surface area contributed by atoms with Crippen molar-refractivity contribution < 1.29 is 23.7 Å². The maximum absolute atomic E-state index is 12.5. The van der Waals surface area contributed by atoms with E-state index in [9.17, 15) is 4.79 Å². The molecule has 3 unspecified atom stereocenters. The first-order valence-electron chi connectivity index (χ1n) is 7.44. The van der Waals surface area contributed by atoms with Crippen LogP contribution in [0.1, 0.15) is 5.56 Å². The molecule has 0 aliphatic carbocycles. The van der Waals surface area contributed by atoms with Crippen molar-refractivity contribution in [1.29, 1.82) is 0 Å². The Labute approximate surface area is 140 Å². The molecule has 126 valence electrons. The molecule has 3 atom stereocenters. The van der Waals surface area contributed by atoms with E-state index >= 15 is 0 Å². The van der Waals surface area contributed by atoms with Crippen molar-refractivity contribution in [2.75, 3.05) is 27.4 Å². The number of nitrogens with zero attached hydrogens (tertiary/aromatic N) is 1. The molecule has 6 nitrogen and oxygen atoms in total. The highest BCUT2D eigenvalue weighted by Gasteiger charge is 2.61. The van der Waals surface area contributed by atoms with E-state index in [2.05, 4.69) is 0 Å². The van der Waals surface area contributed by atoms with Gasteiger partial charge in [0.1, 0.15) is 25.4 Å². The summed E-state index contributed by atoms with van der Waals surface area (Å²) in [5.41, 5.74) is 0.923. The monoisotopic (exact) mass is 341 g/mol. The van der Waals surface area contributed by atoms with Crippen molar-refractivity contribution in [2.24, 2.45) is 0 Å². The highest BCUT2D eigenvalue weighted by Crippen LogP contribution is 2.40. The Morgan fingerprint density at radius 3 is 2.70 bits per heavy atom. The van der Waals surface area contributed by atoms with Gasteiger partial charge < -0.3 is 18.9 Å². The van der Waals surface area contributed by atoms with E-state index in [0.717, 1.165) is 5.56 Å². The highest BCUT2D eigenvalue weighted by atomic mass is 35.5. The minimum Gasteiger partial charge on any atom is -0.445 e. The zero-order valence-electron chi connectivity index (χ0n) is 13.1. The van der Waals surface area contributed by atoms with Crippen LogP contribution in [-0.2, 0) is 25.6 Å². The van der Waals surface area contributed by atoms with Gasteiger partial charge in [0.25, 0.3) is 0 Å². The van der Waals surface area contributed by atoms with Crippen molar-refractivity contribution in [3.8, 4) is 0 Å². The minimum absolute atomic E-state index is 0.203. The third-order valence-corrected chi connectivity index (χ3v) is 4.82. The summed E-state index contributed by atoms with van der Waals surface area (Å²) in [4.78, 5) is 14.1. The molecular weight excluding hydrogens is 322 g/mol. The Kier molecular flexibility index (Phi) is 4.77. The van der Waals surface area contributed by atoms with Crippen molar-refractivity contribution in [3.63, 3.8) is 0 Å². The number of halogens is 1. The molecule has 0 saturated carbocycles. The molecule has 0 N–H and O–H groups in total. The second-order valence-corrected chi connectivity index (χ2v) is 6.21. The maximum Gasteiger partial charge on any atom is 0.410 e. The van der Waals surface area contributed by atoms with Crippen LogP contribution in [0.3, 0.4) is 0 Å². The first-order valence-corrected chi connectivity index (χ1v) is 7.88. The van der Waals surface area contributed by atoms with Gasteiger partial charge in [-0.3, -0.25) is 4.90 Å². The summed E-state index contributed by atoms with van der Waals surface area (Å²) in [7, 11) is 3.06. The second kappa shape index (κ2) is 6.65. The molecule has 7 heteroatoms.